The molecule has 1 saturated carbocycles. The van der Waals surface area contributed by atoms with Crippen LogP contribution >= 0.6 is 0 Å². The van der Waals surface area contributed by atoms with E-state index in [0.29, 0.717) is 22.7 Å². The number of aromatic nitrogens is 4. The fourth-order valence-electron chi connectivity index (χ4n) is 2.78. The van der Waals surface area contributed by atoms with Crippen LogP contribution in [-0.4, -0.2) is 31.8 Å². The minimum atomic E-state index is -1.04. The fraction of sp³-hybridized carbons (Fsp3) is 0.294. The molecule has 0 bridgehead atoms. The second kappa shape index (κ2) is 5.51. The zero-order chi connectivity index (χ0) is 17.7. The summed E-state index contributed by atoms with van der Waals surface area (Å²) in [6.45, 7) is 1.95. The Morgan fingerprint density at radius 3 is 2.80 bits per heavy atom. The molecule has 3 heterocycles. The number of amides is 1. The Morgan fingerprint density at radius 1 is 1.40 bits per heavy atom. The van der Waals surface area contributed by atoms with E-state index in [1.54, 1.807) is 23.1 Å². The van der Waals surface area contributed by atoms with Crippen molar-refractivity contribution in [1.82, 2.24) is 19.7 Å². The Morgan fingerprint density at radius 2 is 2.16 bits per heavy atom. The number of nitrogens with two attached hydrogens (primary N) is 1. The number of alkyl halides is 1. The highest BCUT2D eigenvalue weighted by Gasteiger charge is 2.43. The van der Waals surface area contributed by atoms with E-state index in [1.165, 1.54) is 0 Å². The number of hydrogen-bond donors (Lipinski definition) is 2. The van der Waals surface area contributed by atoms with Crippen molar-refractivity contribution in [1.29, 1.82) is 0 Å². The number of anilines is 2. The largest absolute Gasteiger partial charge is 0.383 e. The highest BCUT2D eigenvalue weighted by atomic mass is 19.1. The van der Waals surface area contributed by atoms with Gasteiger partial charge in [0.2, 0.25) is 5.91 Å². The summed E-state index contributed by atoms with van der Waals surface area (Å²) < 4.78 is 14.8. The van der Waals surface area contributed by atoms with Gasteiger partial charge in [0, 0.05) is 29.9 Å². The molecule has 1 amide bonds. The summed E-state index contributed by atoms with van der Waals surface area (Å²) in [7, 11) is 1.86. The van der Waals surface area contributed by atoms with Gasteiger partial charge in [-0.3, -0.25) is 9.48 Å². The molecule has 1 fully saturated rings. The summed E-state index contributed by atoms with van der Waals surface area (Å²) in [6.07, 6.45) is 2.54. The highest BCUT2D eigenvalue weighted by molar-refractivity contribution is 5.98. The molecular formula is C17H17FN6O. The molecule has 7 nitrogen and oxygen atoms in total. The lowest BCUT2D eigenvalue weighted by Crippen LogP contribution is -2.15. The van der Waals surface area contributed by atoms with Gasteiger partial charge in [-0.05, 0) is 30.9 Å². The van der Waals surface area contributed by atoms with Crippen LogP contribution in [0.2, 0.25) is 0 Å². The summed E-state index contributed by atoms with van der Waals surface area (Å²) in [6, 6.07) is 3.60. The van der Waals surface area contributed by atoms with Crippen molar-refractivity contribution >= 4 is 28.3 Å². The molecule has 0 spiro atoms. The number of carbonyl (C=O) groups excluding carboxylic acids is 1. The Balaban J connectivity index is 1.73. The maximum absolute atomic E-state index is 13.0. The summed E-state index contributed by atoms with van der Waals surface area (Å²) in [5, 5.41) is 8.36. The number of nitrogen functional groups attached to an aromatic ring is 1. The molecule has 0 radical (unpaired) electrons. The van der Waals surface area contributed by atoms with Crippen LogP contribution < -0.4 is 11.1 Å². The average molecular weight is 340 g/mol. The Labute approximate surface area is 143 Å². The number of rotatable bonds is 3. The molecular weight excluding hydrogens is 323 g/mol. The van der Waals surface area contributed by atoms with Gasteiger partial charge in [-0.2, -0.15) is 5.10 Å². The van der Waals surface area contributed by atoms with Crippen molar-refractivity contribution in [2.24, 2.45) is 13.0 Å². The quantitative estimate of drug-likeness (QED) is 0.762. The number of nitrogens with one attached hydrogen (secondary N) is 1. The Bertz CT molecular complexity index is 998. The molecule has 8 heteroatoms. The van der Waals surface area contributed by atoms with Crippen LogP contribution in [0.3, 0.4) is 0 Å². The van der Waals surface area contributed by atoms with Crippen molar-refractivity contribution in [2.75, 3.05) is 11.1 Å². The van der Waals surface area contributed by atoms with Gasteiger partial charge in [0.1, 0.15) is 17.8 Å². The number of aryl methyl sites for hydroxylation is 1. The van der Waals surface area contributed by atoms with Crippen LogP contribution in [0.1, 0.15) is 12.1 Å². The molecule has 0 saturated heterocycles. The first-order valence-corrected chi connectivity index (χ1v) is 7.94. The smallest absolute Gasteiger partial charge is 0.231 e. The standard InChI is InChI=1S/C17H17FN6O/c1-8-11(7-21-24(8)2)14-3-9-4-15(20-6-12(9)16(19)22-14)23-17(25)10-5-13(10)18/h3-4,6-7,10,13H,5H2,1-2H3,(H2,19,22)(H,20,23,25). The first kappa shape index (κ1) is 15.5. The maximum Gasteiger partial charge on any atom is 0.231 e. The molecule has 128 valence electrons. The number of halogens is 1. The van der Waals surface area contributed by atoms with Crippen molar-refractivity contribution in [3.05, 3.63) is 30.2 Å². The Kier molecular flexibility index (Phi) is 3.41. The second-order valence-electron chi connectivity index (χ2n) is 6.30. The minimum Gasteiger partial charge on any atom is -0.383 e. The predicted octanol–water partition coefficient (Wildman–Crippen LogP) is 2.22. The van der Waals surface area contributed by atoms with Crippen LogP contribution in [0, 0.1) is 12.8 Å². The molecule has 1 aliphatic rings. The number of nitrogens with zero attached hydrogens (tertiary/aromatic N) is 4. The molecule has 1 aliphatic carbocycles. The Hall–Kier alpha value is -3.03. The van der Waals surface area contributed by atoms with Gasteiger partial charge in [0.05, 0.1) is 17.8 Å². The normalized spacial score (nSPS) is 19.2. The summed E-state index contributed by atoms with van der Waals surface area (Å²) in [5.74, 6) is -0.179. The van der Waals surface area contributed by atoms with Gasteiger partial charge in [-0.25, -0.2) is 14.4 Å². The molecule has 25 heavy (non-hydrogen) atoms. The molecule has 0 aromatic carbocycles. The molecule has 3 N–H and O–H groups in total. The molecule has 0 aliphatic heterocycles. The fourth-order valence-corrected chi connectivity index (χ4v) is 2.78. The van der Waals surface area contributed by atoms with Crippen molar-refractivity contribution < 1.29 is 9.18 Å². The number of carbonyl (C=O) groups is 1. The second-order valence-corrected chi connectivity index (χ2v) is 6.30. The third-order valence-corrected chi connectivity index (χ3v) is 4.56. The molecule has 2 atom stereocenters. The van der Waals surface area contributed by atoms with E-state index in [9.17, 15) is 9.18 Å². The predicted molar refractivity (Wildman–Crippen MR) is 92.5 cm³/mol. The topological polar surface area (TPSA) is 98.7 Å². The molecule has 3 aromatic heterocycles. The van der Waals surface area contributed by atoms with Crippen molar-refractivity contribution in [3.63, 3.8) is 0 Å². The van der Waals surface area contributed by atoms with Crippen LogP contribution in [0.15, 0.2) is 24.5 Å². The van der Waals surface area contributed by atoms with Gasteiger partial charge in [0.15, 0.2) is 0 Å². The maximum atomic E-state index is 13.0. The van der Waals surface area contributed by atoms with E-state index in [0.717, 1.165) is 16.6 Å². The van der Waals surface area contributed by atoms with Gasteiger partial charge in [-0.15, -0.1) is 0 Å². The monoisotopic (exact) mass is 340 g/mol. The number of hydrogen-bond acceptors (Lipinski definition) is 5. The van der Waals surface area contributed by atoms with E-state index < -0.39 is 12.1 Å². The third kappa shape index (κ3) is 2.69. The lowest BCUT2D eigenvalue weighted by molar-refractivity contribution is -0.117. The molecule has 2 unspecified atom stereocenters. The summed E-state index contributed by atoms with van der Waals surface area (Å²) in [5.41, 5.74) is 8.62. The third-order valence-electron chi connectivity index (χ3n) is 4.56. The van der Waals surface area contributed by atoms with Gasteiger partial charge >= 0.3 is 0 Å². The zero-order valence-corrected chi connectivity index (χ0v) is 13.8. The minimum absolute atomic E-state index is 0.278. The van der Waals surface area contributed by atoms with Crippen LogP contribution in [0.25, 0.3) is 22.0 Å². The van der Waals surface area contributed by atoms with Gasteiger partial charge in [-0.1, -0.05) is 0 Å². The van der Waals surface area contributed by atoms with Gasteiger partial charge < -0.3 is 11.1 Å². The van der Waals surface area contributed by atoms with Crippen LogP contribution in [0.5, 0.6) is 0 Å². The van der Waals surface area contributed by atoms with Crippen LogP contribution in [-0.2, 0) is 11.8 Å². The zero-order valence-electron chi connectivity index (χ0n) is 13.8. The van der Waals surface area contributed by atoms with E-state index in [1.807, 2.05) is 20.0 Å². The lowest BCUT2D eigenvalue weighted by Gasteiger charge is -2.08. The molecule has 4 rings (SSSR count). The van der Waals surface area contributed by atoms with E-state index >= 15 is 0 Å². The van der Waals surface area contributed by atoms with E-state index in [-0.39, 0.29) is 12.3 Å². The summed E-state index contributed by atoms with van der Waals surface area (Å²) in [4.78, 5) is 20.5. The lowest BCUT2D eigenvalue weighted by atomic mass is 10.1. The molecule has 3 aromatic rings. The van der Waals surface area contributed by atoms with E-state index in [2.05, 4.69) is 20.4 Å². The van der Waals surface area contributed by atoms with Crippen molar-refractivity contribution in [3.8, 4) is 11.3 Å². The summed E-state index contributed by atoms with van der Waals surface area (Å²) >= 11 is 0. The number of pyridine rings is 2. The van der Waals surface area contributed by atoms with Crippen LogP contribution in [0.4, 0.5) is 16.0 Å². The van der Waals surface area contributed by atoms with Crippen molar-refractivity contribution in [2.45, 2.75) is 19.5 Å². The number of fused-ring (bicyclic) bond motifs is 1. The first-order chi connectivity index (χ1) is 11.9. The van der Waals surface area contributed by atoms with E-state index in [4.69, 9.17) is 5.73 Å². The average Bonchev–Trinajstić information content (AvgIpc) is 3.22. The highest BCUT2D eigenvalue weighted by Crippen LogP contribution is 2.35. The van der Waals surface area contributed by atoms with Gasteiger partial charge in [0.25, 0.3) is 0 Å². The SMILES string of the molecule is Cc1c(-c2cc3cc(NC(=O)C4CC4F)ncc3c(N)n2)cnn1C. The first-order valence-electron chi connectivity index (χ1n) is 7.94.